The van der Waals surface area contributed by atoms with Crippen molar-refractivity contribution in [1.29, 1.82) is 0 Å². The normalized spacial score (nSPS) is 20.2. The highest BCUT2D eigenvalue weighted by molar-refractivity contribution is 5.54. The third-order valence-corrected chi connectivity index (χ3v) is 3.90. The zero-order valence-electron chi connectivity index (χ0n) is 12.4. The Morgan fingerprint density at radius 1 is 1.37 bits per heavy atom. The average molecular weight is 263 g/mol. The molecule has 0 bridgehead atoms. The SMILES string of the molecule is Cc1nc(N)c(C)c(NCC2CCN(C(C)C)C2)n1. The molecule has 3 N–H and O–H groups in total. The molecule has 0 aliphatic carbocycles. The van der Waals surface area contributed by atoms with E-state index in [9.17, 15) is 0 Å². The Balaban J connectivity index is 1.93. The van der Waals surface area contributed by atoms with Crippen LogP contribution in [0.3, 0.4) is 0 Å². The number of nitrogens with one attached hydrogen (secondary N) is 1. The van der Waals surface area contributed by atoms with Crippen molar-refractivity contribution in [3.63, 3.8) is 0 Å². The minimum atomic E-state index is 0.574. The van der Waals surface area contributed by atoms with Crippen LogP contribution in [0.4, 0.5) is 11.6 Å². The van der Waals surface area contributed by atoms with Crippen LogP contribution in [0.25, 0.3) is 0 Å². The highest BCUT2D eigenvalue weighted by atomic mass is 15.2. The van der Waals surface area contributed by atoms with Gasteiger partial charge in [-0.25, -0.2) is 9.97 Å². The lowest BCUT2D eigenvalue weighted by Gasteiger charge is -2.20. The number of anilines is 2. The zero-order valence-corrected chi connectivity index (χ0v) is 12.4. The maximum Gasteiger partial charge on any atom is 0.134 e. The topological polar surface area (TPSA) is 67.1 Å². The molecule has 0 radical (unpaired) electrons. The van der Waals surface area contributed by atoms with Gasteiger partial charge in [-0.1, -0.05) is 0 Å². The van der Waals surface area contributed by atoms with Crippen LogP contribution < -0.4 is 11.1 Å². The summed E-state index contributed by atoms with van der Waals surface area (Å²) in [6.45, 7) is 11.7. The Morgan fingerprint density at radius 2 is 2.11 bits per heavy atom. The van der Waals surface area contributed by atoms with Crippen LogP contribution in [0, 0.1) is 19.8 Å². The summed E-state index contributed by atoms with van der Waals surface area (Å²) < 4.78 is 0. The summed E-state index contributed by atoms with van der Waals surface area (Å²) in [5.74, 6) is 2.87. The van der Waals surface area contributed by atoms with Gasteiger partial charge in [0.15, 0.2) is 0 Å². The molecule has 5 nitrogen and oxygen atoms in total. The quantitative estimate of drug-likeness (QED) is 0.867. The molecule has 0 spiro atoms. The van der Waals surface area contributed by atoms with Crippen LogP contribution in [-0.4, -0.2) is 40.5 Å². The molecule has 1 atom stereocenters. The van der Waals surface area contributed by atoms with Crippen LogP contribution in [0.2, 0.25) is 0 Å². The largest absolute Gasteiger partial charge is 0.383 e. The predicted octanol–water partition coefficient (Wildman–Crippen LogP) is 1.82. The van der Waals surface area contributed by atoms with Crippen molar-refractivity contribution in [2.75, 3.05) is 30.7 Å². The molecule has 1 unspecified atom stereocenters. The smallest absolute Gasteiger partial charge is 0.134 e. The van der Waals surface area contributed by atoms with Crippen LogP contribution >= 0.6 is 0 Å². The van der Waals surface area contributed by atoms with Crippen LogP contribution in [0.15, 0.2) is 0 Å². The van der Waals surface area contributed by atoms with Gasteiger partial charge in [0.2, 0.25) is 0 Å². The van der Waals surface area contributed by atoms with Gasteiger partial charge < -0.3 is 16.0 Å². The molecule has 0 aromatic carbocycles. The Hall–Kier alpha value is -1.36. The van der Waals surface area contributed by atoms with Crippen molar-refractivity contribution < 1.29 is 0 Å². The number of aromatic nitrogens is 2. The highest BCUT2D eigenvalue weighted by Gasteiger charge is 2.24. The Bertz CT molecular complexity index is 444. The molecule has 0 amide bonds. The van der Waals surface area contributed by atoms with Gasteiger partial charge in [0.1, 0.15) is 17.5 Å². The lowest BCUT2D eigenvalue weighted by molar-refractivity contribution is 0.266. The Labute approximate surface area is 115 Å². The molecule has 19 heavy (non-hydrogen) atoms. The maximum atomic E-state index is 5.87. The minimum absolute atomic E-state index is 0.574. The summed E-state index contributed by atoms with van der Waals surface area (Å²) in [5, 5.41) is 3.44. The van der Waals surface area contributed by atoms with E-state index in [-0.39, 0.29) is 0 Å². The van der Waals surface area contributed by atoms with Crippen LogP contribution in [0.5, 0.6) is 0 Å². The third kappa shape index (κ3) is 3.35. The second-order valence-corrected chi connectivity index (χ2v) is 5.75. The molecular formula is C14H25N5. The molecule has 1 aromatic rings. The van der Waals surface area contributed by atoms with E-state index in [1.807, 2.05) is 13.8 Å². The molecule has 106 valence electrons. The van der Waals surface area contributed by atoms with E-state index in [2.05, 4.69) is 34.0 Å². The van der Waals surface area contributed by atoms with Gasteiger partial charge in [-0.15, -0.1) is 0 Å². The zero-order chi connectivity index (χ0) is 14.0. The van der Waals surface area contributed by atoms with Crippen molar-refractivity contribution in [1.82, 2.24) is 14.9 Å². The Morgan fingerprint density at radius 3 is 2.74 bits per heavy atom. The highest BCUT2D eigenvalue weighted by Crippen LogP contribution is 2.21. The van der Waals surface area contributed by atoms with Gasteiger partial charge in [-0.2, -0.15) is 0 Å². The van der Waals surface area contributed by atoms with E-state index in [0.29, 0.717) is 17.8 Å². The number of nitrogen functional groups attached to an aromatic ring is 1. The molecule has 1 aliphatic rings. The van der Waals surface area contributed by atoms with E-state index in [1.165, 1.54) is 19.5 Å². The van der Waals surface area contributed by atoms with Gasteiger partial charge in [0.25, 0.3) is 0 Å². The molecule has 1 aromatic heterocycles. The van der Waals surface area contributed by atoms with E-state index >= 15 is 0 Å². The van der Waals surface area contributed by atoms with Crippen molar-refractivity contribution in [3.05, 3.63) is 11.4 Å². The first-order valence-corrected chi connectivity index (χ1v) is 7.06. The molecule has 1 saturated heterocycles. The van der Waals surface area contributed by atoms with Crippen molar-refractivity contribution >= 4 is 11.6 Å². The standard InChI is InChI=1S/C14H25N5/c1-9(2)19-6-5-12(8-19)7-16-14-10(3)13(15)17-11(4)18-14/h9,12H,5-8H2,1-4H3,(H3,15,16,17,18). The van der Waals surface area contributed by atoms with Crippen molar-refractivity contribution in [2.24, 2.45) is 5.92 Å². The molecule has 5 heteroatoms. The summed E-state index contributed by atoms with van der Waals surface area (Å²) in [7, 11) is 0. The van der Waals surface area contributed by atoms with Crippen molar-refractivity contribution in [3.8, 4) is 0 Å². The summed E-state index contributed by atoms with van der Waals surface area (Å²) in [6.07, 6.45) is 1.25. The lowest BCUT2D eigenvalue weighted by atomic mass is 10.1. The number of aryl methyl sites for hydroxylation is 1. The minimum Gasteiger partial charge on any atom is -0.383 e. The van der Waals surface area contributed by atoms with Crippen molar-refractivity contribution in [2.45, 2.75) is 40.2 Å². The summed E-state index contributed by atoms with van der Waals surface area (Å²) in [5.41, 5.74) is 6.82. The number of rotatable bonds is 4. The predicted molar refractivity (Wildman–Crippen MR) is 79.2 cm³/mol. The second-order valence-electron chi connectivity index (χ2n) is 5.75. The first-order chi connectivity index (χ1) is 8.97. The van der Waals surface area contributed by atoms with Gasteiger partial charge in [-0.05, 0) is 46.6 Å². The van der Waals surface area contributed by atoms with E-state index in [4.69, 9.17) is 5.73 Å². The monoisotopic (exact) mass is 263 g/mol. The maximum absolute atomic E-state index is 5.87. The molecular weight excluding hydrogens is 238 g/mol. The number of likely N-dealkylation sites (tertiary alicyclic amines) is 1. The van der Waals surface area contributed by atoms with Gasteiger partial charge >= 0.3 is 0 Å². The lowest BCUT2D eigenvalue weighted by Crippen LogP contribution is -2.29. The van der Waals surface area contributed by atoms with Gasteiger partial charge in [0, 0.05) is 24.7 Å². The fraction of sp³-hybridized carbons (Fsp3) is 0.714. The van der Waals surface area contributed by atoms with E-state index in [1.54, 1.807) is 0 Å². The average Bonchev–Trinajstić information content (AvgIpc) is 2.81. The van der Waals surface area contributed by atoms with Crippen LogP contribution in [-0.2, 0) is 0 Å². The summed E-state index contributed by atoms with van der Waals surface area (Å²) in [6, 6.07) is 0.642. The molecule has 2 rings (SSSR count). The first-order valence-electron chi connectivity index (χ1n) is 7.06. The molecule has 1 aliphatic heterocycles. The molecule has 1 fully saturated rings. The third-order valence-electron chi connectivity index (χ3n) is 3.90. The van der Waals surface area contributed by atoms with E-state index < -0.39 is 0 Å². The fourth-order valence-corrected chi connectivity index (χ4v) is 2.56. The number of nitrogens with two attached hydrogens (primary N) is 1. The first kappa shape index (κ1) is 14.1. The fourth-order valence-electron chi connectivity index (χ4n) is 2.56. The number of nitrogens with zero attached hydrogens (tertiary/aromatic N) is 3. The number of hydrogen-bond acceptors (Lipinski definition) is 5. The van der Waals surface area contributed by atoms with Gasteiger partial charge in [-0.3, -0.25) is 0 Å². The summed E-state index contributed by atoms with van der Waals surface area (Å²) in [4.78, 5) is 11.1. The van der Waals surface area contributed by atoms with Crippen LogP contribution in [0.1, 0.15) is 31.7 Å². The second kappa shape index (κ2) is 5.74. The molecule has 0 saturated carbocycles. The number of hydrogen-bond donors (Lipinski definition) is 2. The Kier molecular flexibility index (Phi) is 4.24. The van der Waals surface area contributed by atoms with Gasteiger partial charge in [0.05, 0.1) is 0 Å². The van der Waals surface area contributed by atoms with E-state index in [0.717, 1.165) is 23.8 Å². The summed E-state index contributed by atoms with van der Waals surface area (Å²) >= 11 is 0. The molecule has 2 heterocycles.